The Morgan fingerprint density at radius 1 is 1.13 bits per heavy atom. The van der Waals surface area contributed by atoms with Crippen molar-refractivity contribution in [1.82, 2.24) is 14.5 Å². The number of rotatable bonds is 6. The summed E-state index contributed by atoms with van der Waals surface area (Å²) in [7, 11) is 0. The quantitative estimate of drug-likeness (QED) is 0.634. The minimum atomic E-state index is -1.06. The van der Waals surface area contributed by atoms with Gasteiger partial charge in [0.15, 0.2) is 11.5 Å². The summed E-state index contributed by atoms with van der Waals surface area (Å²) in [6.07, 6.45) is 0.412. The van der Waals surface area contributed by atoms with Crippen LogP contribution in [-0.2, 0) is 11.3 Å². The van der Waals surface area contributed by atoms with Gasteiger partial charge in [-0.25, -0.2) is 4.98 Å². The van der Waals surface area contributed by atoms with Crippen molar-refractivity contribution in [2.24, 2.45) is 0 Å². The Morgan fingerprint density at radius 3 is 2.50 bits per heavy atom. The van der Waals surface area contributed by atoms with E-state index in [9.17, 15) is 14.7 Å². The zero-order chi connectivity index (χ0) is 21.3. The van der Waals surface area contributed by atoms with E-state index >= 15 is 0 Å². The van der Waals surface area contributed by atoms with Crippen LogP contribution in [0.2, 0.25) is 0 Å². The lowest BCUT2D eigenvalue weighted by molar-refractivity contribution is -0.116. The van der Waals surface area contributed by atoms with Gasteiger partial charge < -0.3 is 19.9 Å². The molecule has 0 radical (unpaired) electrons. The Bertz CT molecular complexity index is 1050. The highest BCUT2D eigenvalue weighted by Gasteiger charge is 2.38. The minimum absolute atomic E-state index is 0.0500. The van der Waals surface area contributed by atoms with Crippen LogP contribution in [0.5, 0.6) is 0 Å². The van der Waals surface area contributed by atoms with E-state index in [1.165, 1.54) is 15.8 Å². The third-order valence-electron chi connectivity index (χ3n) is 5.13. The lowest BCUT2D eigenvalue weighted by atomic mass is 10.1. The molecular weight excluding hydrogens is 402 g/mol. The average Bonchev–Trinajstić information content (AvgIpc) is 3.40. The number of anilines is 2. The highest BCUT2D eigenvalue weighted by atomic mass is 32.1. The second-order valence-corrected chi connectivity index (χ2v) is 7.69. The number of benzene rings is 1. The van der Waals surface area contributed by atoms with Gasteiger partial charge in [0.1, 0.15) is 6.54 Å². The molecule has 0 bridgehead atoms. The molecule has 0 spiro atoms. The van der Waals surface area contributed by atoms with E-state index in [0.717, 1.165) is 11.1 Å². The molecule has 1 atom stereocenters. The summed E-state index contributed by atoms with van der Waals surface area (Å²) in [5.41, 5.74) is 3.22. The van der Waals surface area contributed by atoms with Crippen molar-refractivity contribution in [2.75, 3.05) is 23.3 Å². The standard InChI is InChI=1S/C21H23N5O3S/c1-3-25-19-18(20(28)26(4-2)21(25)29)24(13-22-19)11-17(27)23-16-7-5-14(6-8-16)15-9-10-30-12-15/h5-10,12-13,21,29H,3-4,11H2,1-2H3,(H,23,27). The molecule has 0 saturated heterocycles. The van der Waals surface area contributed by atoms with Gasteiger partial charge in [-0.05, 0) is 53.9 Å². The summed E-state index contributed by atoms with van der Waals surface area (Å²) in [5, 5.41) is 17.4. The van der Waals surface area contributed by atoms with E-state index in [0.29, 0.717) is 30.3 Å². The second kappa shape index (κ2) is 8.29. The van der Waals surface area contributed by atoms with Crippen molar-refractivity contribution in [2.45, 2.75) is 26.7 Å². The van der Waals surface area contributed by atoms with Gasteiger partial charge in [-0.15, -0.1) is 0 Å². The first kappa shape index (κ1) is 20.1. The molecule has 1 aromatic carbocycles. The zero-order valence-electron chi connectivity index (χ0n) is 16.8. The van der Waals surface area contributed by atoms with Gasteiger partial charge in [0.05, 0.1) is 6.33 Å². The normalized spacial score (nSPS) is 16.0. The van der Waals surface area contributed by atoms with Crippen molar-refractivity contribution in [3.63, 3.8) is 0 Å². The Balaban J connectivity index is 1.50. The molecule has 1 unspecified atom stereocenters. The van der Waals surface area contributed by atoms with E-state index in [1.54, 1.807) is 23.2 Å². The maximum Gasteiger partial charge on any atom is 0.277 e. The fraction of sp³-hybridized carbons (Fsp3) is 0.286. The van der Waals surface area contributed by atoms with Crippen LogP contribution in [0.3, 0.4) is 0 Å². The molecular formula is C21H23N5O3S. The van der Waals surface area contributed by atoms with Gasteiger partial charge >= 0.3 is 0 Å². The Labute approximate surface area is 178 Å². The molecule has 9 heteroatoms. The minimum Gasteiger partial charge on any atom is -0.356 e. The predicted molar refractivity (Wildman–Crippen MR) is 116 cm³/mol. The van der Waals surface area contributed by atoms with Gasteiger partial charge in [-0.3, -0.25) is 14.5 Å². The summed E-state index contributed by atoms with van der Waals surface area (Å²) >= 11 is 1.64. The van der Waals surface area contributed by atoms with E-state index in [1.807, 2.05) is 42.6 Å². The second-order valence-electron chi connectivity index (χ2n) is 6.91. The van der Waals surface area contributed by atoms with Crippen molar-refractivity contribution < 1.29 is 14.7 Å². The highest BCUT2D eigenvalue weighted by Crippen LogP contribution is 2.29. The maximum atomic E-state index is 12.8. The van der Waals surface area contributed by atoms with Crippen LogP contribution in [0, 0.1) is 0 Å². The molecule has 30 heavy (non-hydrogen) atoms. The lowest BCUT2D eigenvalue weighted by Gasteiger charge is -2.39. The molecule has 0 saturated carbocycles. The van der Waals surface area contributed by atoms with Crippen molar-refractivity contribution in [1.29, 1.82) is 0 Å². The first-order chi connectivity index (χ1) is 14.5. The number of hydrogen-bond acceptors (Lipinski definition) is 6. The topological polar surface area (TPSA) is 90.7 Å². The van der Waals surface area contributed by atoms with Crippen LogP contribution in [0.15, 0.2) is 47.4 Å². The first-order valence-corrected chi connectivity index (χ1v) is 10.7. The van der Waals surface area contributed by atoms with Crippen LogP contribution in [0.1, 0.15) is 24.3 Å². The number of aromatic nitrogens is 2. The summed E-state index contributed by atoms with van der Waals surface area (Å²) in [6, 6.07) is 9.67. The molecule has 3 heterocycles. The molecule has 2 aromatic heterocycles. The first-order valence-electron chi connectivity index (χ1n) is 9.76. The monoisotopic (exact) mass is 425 g/mol. The SMILES string of the molecule is CCN1C(=O)c2c(ncn2CC(=O)Nc2ccc(-c3ccsc3)cc2)N(CC)C1O. The number of hydrogen-bond donors (Lipinski definition) is 2. The van der Waals surface area contributed by atoms with Gasteiger partial charge in [0.25, 0.3) is 5.91 Å². The molecule has 2 N–H and O–H groups in total. The van der Waals surface area contributed by atoms with Crippen LogP contribution < -0.4 is 10.2 Å². The molecule has 156 valence electrons. The number of imidazole rings is 1. The number of carbonyl (C=O) groups excluding carboxylic acids is 2. The van der Waals surface area contributed by atoms with Crippen LogP contribution >= 0.6 is 11.3 Å². The number of nitrogens with one attached hydrogen (secondary N) is 1. The molecule has 8 nitrogen and oxygen atoms in total. The predicted octanol–water partition coefficient (Wildman–Crippen LogP) is 2.83. The zero-order valence-corrected chi connectivity index (χ0v) is 17.6. The summed E-state index contributed by atoms with van der Waals surface area (Å²) in [4.78, 5) is 32.7. The number of amides is 2. The summed E-state index contributed by atoms with van der Waals surface area (Å²) < 4.78 is 1.53. The van der Waals surface area contributed by atoms with Crippen molar-refractivity contribution in [3.05, 3.63) is 53.1 Å². The smallest absolute Gasteiger partial charge is 0.277 e. The van der Waals surface area contributed by atoms with Gasteiger partial charge in [-0.1, -0.05) is 12.1 Å². The lowest BCUT2D eigenvalue weighted by Crippen LogP contribution is -2.55. The molecule has 1 aliphatic rings. The number of aliphatic hydroxyl groups excluding tert-OH is 1. The Kier molecular flexibility index (Phi) is 5.56. The van der Waals surface area contributed by atoms with Gasteiger partial charge in [0.2, 0.25) is 12.3 Å². The molecule has 3 aromatic rings. The van der Waals surface area contributed by atoms with Gasteiger partial charge in [-0.2, -0.15) is 11.3 Å². The number of fused-ring (bicyclic) bond motifs is 1. The van der Waals surface area contributed by atoms with E-state index in [-0.39, 0.29) is 18.4 Å². The number of thiophene rings is 1. The van der Waals surface area contributed by atoms with Crippen LogP contribution in [-0.4, -0.2) is 50.8 Å². The molecule has 1 aliphatic heterocycles. The molecule has 0 fully saturated rings. The molecule has 2 amide bonds. The fourth-order valence-corrected chi connectivity index (χ4v) is 4.25. The van der Waals surface area contributed by atoms with Crippen LogP contribution in [0.4, 0.5) is 11.5 Å². The highest BCUT2D eigenvalue weighted by molar-refractivity contribution is 7.08. The van der Waals surface area contributed by atoms with E-state index in [4.69, 9.17) is 0 Å². The Hall–Kier alpha value is -3.17. The average molecular weight is 426 g/mol. The maximum absolute atomic E-state index is 12.8. The van der Waals surface area contributed by atoms with Crippen LogP contribution in [0.25, 0.3) is 11.1 Å². The van der Waals surface area contributed by atoms with E-state index in [2.05, 4.69) is 15.7 Å². The number of carbonyl (C=O) groups is 2. The number of aliphatic hydroxyl groups is 1. The third kappa shape index (κ3) is 3.57. The van der Waals surface area contributed by atoms with Gasteiger partial charge in [0, 0.05) is 18.8 Å². The largest absolute Gasteiger partial charge is 0.356 e. The molecule has 0 aliphatic carbocycles. The molecule has 4 rings (SSSR count). The number of nitrogens with zero attached hydrogens (tertiary/aromatic N) is 4. The fourth-order valence-electron chi connectivity index (χ4n) is 3.59. The van der Waals surface area contributed by atoms with E-state index < -0.39 is 6.35 Å². The summed E-state index contributed by atoms with van der Waals surface area (Å²) in [5.74, 6) is -0.203. The van der Waals surface area contributed by atoms with Crippen molar-refractivity contribution in [3.8, 4) is 11.1 Å². The summed E-state index contributed by atoms with van der Waals surface area (Å²) in [6.45, 7) is 4.46. The third-order valence-corrected chi connectivity index (χ3v) is 5.81. The van der Waals surface area contributed by atoms with Crippen molar-refractivity contribution >= 4 is 34.7 Å². The Morgan fingerprint density at radius 2 is 1.87 bits per heavy atom.